The third-order valence-corrected chi connectivity index (χ3v) is 3.68. The first-order valence-electron chi connectivity index (χ1n) is 6.56. The van der Waals surface area contributed by atoms with Crippen LogP contribution in [-0.4, -0.2) is 17.7 Å². The molecule has 2 rings (SSSR count). The van der Waals surface area contributed by atoms with Crippen molar-refractivity contribution in [3.05, 3.63) is 29.8 Å². The Morgan fingerprint density at radius 2 is 2.28 bits per heavy atom. The molecule has 1 aromatic carbocycles. The van der Waals surface area contributed by atoms with Gasteiger partial charge in [-0.1, -0.05) is 19.1 Å². The van der Waals surface area contributed by atoms with Crippen molar-refractivity contribution in [2.45, 2.75) is 32.6 Å². The fraction of sp³-hybridized carbons (Fsp3) is 0.533. The van der Waals surface area contributed by atoms with Crippen molar-refractivity contribution in [1.29, 1.82) is 0 Å². The van der Waals surface area contributed by atoms with Gasteiger partial charge in [0.1, 0.15) is 5.75 Å². The lowest BCUT2D eigenvalue weighted by Gasteiger charge is -2.16. The molecule has 0 saturated heterocycles. The van der Waals surface area contributed by atoms with Crippen LogP contribution in [0.4, 0.5) is 0 Å². The number of hydrogen-bond acceptors (Lipinski definition) is 3. The second-order valence-corrected chi connectivity index (χ2v) is 5.09. The van der Waals surface area contributed by atoms with Crippen LogP contribution >= 0.6 is 0 Å². The lowest BCUT2D eigenvalue weighted by molar-refractivity contribution is -0.143. The Kier molecular flexibility index (Phi) is 3.90. The number of aromatic hydroxyl groups is 1. The van der Waals surface area contributed by atoms with Gasteiger partial charge in [-0.05, 0) is 48.8 Å². The van der Waals surface area contributed by atoms with Crippen molar-refractivity contribution < 1.29 is 14.6 Å². The number of ether oxygens (including phenoxy) is 1. The Bertz CT molecular complexity index is 428. The van der Waals surface area contributed by atoms with Gasteiger partial charge >= 0.3 is 5.97 Å². The highest BCUT2D eigenvalue weighted by Crippen LogP contribution is 2.50. The zero-order valence-corrected chi connectivity index (χ0v) is 10.9. The summed E-state index contributed by atoms with van der Waals surface area (Å²) in [4.78, 5) is 11.7. The fourth-order valence-electron chi connectivity index (χ4n) is 2.58. The van der Waals surface area contributed by atoms with Crippen molar-refractivity contribution in [2.75, 3.05) is 6.61 Å². The van der Waals surface area contributed by atoms with E-state index in [1.807, 2.05) is 19.1 Å². The van der Waals surface area contributed by atoms with Gasteiger partial charge in [-0.15, -0.1) is 0 Å². The van der Waals surface area contributed by atoms with E-state index in [0.29, 0.717) is 24.9 Å². The molecule has 18 heavy (non-hydrogen) atoms. The molecule has 0 aromatic heterocycles. The van der Waals surface area contributed by atoms with Crippen LogP contribution in [0.3, 0.4) is 0 Å². The van der Waals surface area contributed by atoms with Gasteiger partial charge in [0.05, 0.1) is 13.0 Å². The van der Waals surface area contributed by atoms with E-state index in [0.717, 1.165) is 12.0 Å². The molecule has 1 saturated carbocycles. The number of hydrogen-bond donors (Lipinski definition) is 1. The molecule has 0 bridgehead atoms. The molecular weight excluding hydrogens is 228 g/mol. The molecule has 3 atom stereocenters. The third-order valence-electron chi connectivity index (χ3n) is 3.68. The SMILES string of the molecule is CCOC(=O)C[C@@H](c1cccc(O)c1)[C@H]1C[C@@H]1C. The molecule has 1 aliphatic carbocycles. The predicted molar refractivity (Wildman–Crippen MR) is 69.4 cm³/mol. The highest BCUT2D eigenvalue weighted by atomic mass is 16.5. The van der Waals surface area contributed by atoms with E-state index < -0.39 is 0 Å². The highest BCUT2D eigenvalue weighted by molar-refractivity contribution is 5.70. The van der Waals surface area contributed by atoms with Gasteiger partial charge < -0.3 is 9.84 Å². The minimum absolute atomic E-state index is 0.148. The minimum Gasteiger partial charge on any atom is -0.508 e. The summed E-state index contributed by atoms with van der Waals surface area (Å²) >= 11 is 0. The lowest BCUT2D eigenvalue weighted by Crippen LogP contribution is -2.12. The van der Waals surface area contributed by atoms with Crippen LogP contribution in [0, 0.1) is 11.8 Å². The van der Waals surface area contributed by atoms with Crippen LogP contribution in [0.1, 0.15) is 38.2 Å². The fourth-order valence-corrected chi connectivity index (χ4v) is 2.58. The smallest absolute Gasteiger partial charge is 0.306 e. The normalized spacial score (nSPS) is 23.4. The number of carbonyl (C=O) groups is 1. The molecule has 0 aliphatic heterocycles. The molecule has 3 heteroatoms. The zero-order valence-electron chi connectivity index (χ0n) is 10.9. The average Bonchev–Trinajstić information content (AvgIpc) is 3.03. The Balaban J connectivity index is 2.13. The van der Waals surface area contributed by atoms with Gasteiger partial charge in [-0.2, -0.15) is 0 Å². The van der Waals surface area contributed by atoms with Gasteiger partial charge in [-0.3, -0.25) is 4.79 Å². The molecule has 1 N–H and O–H groups in total. The molecule has 0 heterocycles. The molecule has 1 fully saturated rings. The molecule has 1 aromatic rings. The maximum Gasteiger partial charge on any atom is 0.306 e. The van der Waals surface area contributed by atoms with Gasteiger partial charge in [0, 0.05) is 0 Å². The summed E-state index contributed by atoms with van der Waals surface area (Å²) in [6, 6.07) is 7.22. The van der Waals surface area contributed by atoms with Crippen LogP contribution in [0.5, 0.6) is 5.75 Å². The van der Waals surface area contributed by atoms with E-state index in [9.17, 15) is 9.90 Å². The standard InChI is InChI=1S/C15H20O3/c1-3-18-15(17)9-14(13-7-10(13)2)11-5-4-6-12(16)8-11/h4-6,8,10,13-14,16H,3,7,9H2,1-2H3/t10-,13-,14-/m0/s1. The van der Waals surface area contributed by atoms with Crippen molar-refractivity contribution in [3.8, 4) is 5.75 Å². The quantitative estimate of drug-likeness (QED) is 0.814. The summed E-state index contributed by atoms with van der Waals surface area (Å²) in [5, 5.41) is 9.55. The number of esters is 1. The predicted octanol–water partition coefficient (Wildman–Crippen LogP) is 3.09. The summed E-state index contributed by atoms with van der Waals surface area (Å²) in [5.41, 5.74) is 1.04. The Hall–Kier alpha value is -1.51. The second-order valence-electron chi connectivity index (χ2n) is 5.09. The molecule has 3 nitrogen and oxygen atoms in total. The van der Waals surface area contributed by atoms with Crippen molar-refractivity contribution in [2.24, 2.45) is 11.8 Å². The van der Waals surface area contributed by atoms with E-state index >= 15 is 0 Å². The molecule has 0 unspecified atom stereocenters. The first kappa shape index (κ1) is 12.9. The maximum atomic E-state index is 11.7. The monoisotopic (exact) mass is 248 g/mol. The number of rotatable bonds is 5. The molecule has 1 aliphatic rings. The van der Waals surface area contributed by atoms with E-state index in [1.54, 1.807) is 12.1 Å². The molecule has 0 amide bonds. The van der Waals surface area contributed by atoms with Gasteiger partial charge in [-0.25, -0.2) is 0 Å². The molecule has 0 spiro atoms. The van der Waals surface area contributed by atoms with Crippen LogP contribution in [0.15, 0.2) is 24.3 Å². The van der Waals surface area contributed by atoms with Gasteiger partial charge in [0.25, 0.3) is 0 Å². The summed E-state index contributed by atoms with van der Waals surface area (Å²) in [6.07, 6.45) is 1.56. The van der Waals surface area contributed by atoms with E-state index in [1.165, 1.54) is 0 Å². The Morgan fingerprint density at radius 3 is 2.83 bits per heavy atom. The number of phenolic OH excluding ortho intramolecular Hbond substituents is 1. The molecule has 98 valence electrons. The van der Waals surface area contributed by atoms with E-state index in [4.69, 9.17) is 4.74 Å². The van der Waals surface area contributed by atoms with Crippen molar-refractivity contribution in [1.82, 2.24) is 0 Å². The van der Waals surface area contributed by atoms with Crippen LogP contribution < -0.4 is 0 Å². The highest BCUT2D eigenvalue weighted by Gasteiger charge is 2.41. The number of phenols is 1. The summed E-state index contributed by atoms with van der Waals surface area (Å²) in [7, 11) is 0. The lowest BCUT2D eigenvalue weighted by atomic mass is 9.90. The van der Waals surface area contributed by atoms with Gasteiger partial charge in [0.2, 0.25) is 0 Å². The summed E-state index contributed by atoms with van der Waals surface area (Å²) in [5.74, 6) is 1.48. The van der Waals surface area contributed by atoms with Gasteiger partial charge in [0.15, 0.2) is 0 Å². The van der Waals surface area contributed by atoms with Crippen molar-refractivity contribution in [3.63, 3.8) is 0 Å². The second kappa shape index (κ2) is 5.42. The Morgan fingerprint density at radius 1 is 1.56 bits per heavy atom. The molecular formula is C15H20O3. The summed E-state index contributed by atoms with van der Waals surface area (Å²) < 4.78 is 5.04. The third kappa shape index (κ3) is 3.03. The van der Waals surface area contributed by atoms with Crippen molar-refractivity contribution >= 4 is 5.97 Å². The number of benzene rings is 1. The first-order chi connectivity index (χ1) is 8.61. The maximum absolute atomic E-state index is 11.7. The topological polar surface area (TPSA) is 46.5 Å². The van der Waals surface area contributed by atoms with E-state index in [-0.39, 0.29) is 17.6 Å². The largest absolute Gasteiger partial charge is 0.508 e. The average molecular weight is 248 g/mol. The summed E-state index contributed by atoms with van der Waals surface area (Å²) in [6.45, 7) is 4.44. The first-order valence-corrected chi connectivity index (χ1v) is 6.56. The minimum atomic E-state index is -0.148. The van der Waals surface area contributed by atoms with Crippen LogP contribution in [-0.2, 0) is 9.53 Å². The van der Waals surface area contributed by atoms with E-state index in [2.05, 4.69) is 6.92 Å². The van der Waals surface area contributed by atoms with Crippen LogP contribution in [0.25, 0.3) is 0 Å². The molecule has 0 radical (unpaired) electrons. The number of carbonyl (C=O) groups excluding carboxylic acids is 1. The Labute approximate surface area is 108 Å². The van der Waals surface area contributed by atoms with Crippen LogP contribution in [0.2, 0.25) is 0 Å². The zero-order chi connectivity index (χ0) is 13.1.